The maximum atomic E-state index is 11.8. The molecule has 0 saturated heterocycles. The molecule has 116 valence electrons. The van der Waals surface area contributed by atoms with E-state index >= 15 is 0 Å². The number of benzene rings is 1. The van der Waals surface area contributed by atoms with Crippen molar-refractivity contribution in [1.29, 1.82) is 0 Å². The molecular weight excluding hydrogens is 290 g/mol. The van der Waals surface area contributed by atoms with Crippen LogP contribution in [0.25, 0.3) is 0 Å². The molecule has 1 aromatic carbocycles. The van der Waals surface area contributed by atoms with Gasteiger partial charge in [-0.25, -0.2) is 4.79 Å². The Morgan fingerprint density at radius 2 is 2.05 bits per heavy atom. The van der Waals surface area contributed by atoms with Gasteiger partial charge >= 0.3 is 6.09 Å². The normalized spacial score (nSPS) is 24.5. The van der Waals surface area contributed by atoms with Gasteiger partial charge in [0.15, 0.2) is 0 Å². The number of aliphatic hydroxyl groups excluding tert-OH is 1. The monoisotopic (exact) mass is 311 g/mol. The highest BCUT2D eigenvalue weighted by atomic mass is 35.5. The third-order valence-corrected chi connectivity index (χ3v) is 4.07. The lowest BCUT2D eigenvalue weighted by Crippen LogP contribution is -2.37. The van der Waals surface area contributed by atoms with Gasteiger partial charge in [0.05, 0.1) is 0 Å². The molecule has 0 aliphatic heterocycles. The molecule has 1 aliphatic carbocycles. The van der Waals surface area contributed by atoms with E-state index < -0.39 is 11.7 Å². The number of hydrogen-bond acceptors (Lipinski definition) is 3. The van der Waals surface area contributed by atoms with E-state index in [9.17, 15) is 9.90 Å². The lowest BCUT2D eigenvalue weighted by molar-refractivity contribution is 0.0520. The zero-order valence-corrected chi connectivity index (χ0v) is 13.4. The van der Waals surface area contributed by atoms with Crippen molar-refractivity contribution in [2.24, 2.45) is 5.92 Å². The van der Waals surface area contributed by atoms with Gasteiger partial charge in [0.1, 0.15) is 5.60 Å². The molecule has 2 atom stereocenters. The number of ether oxygens (including phenoxy) is 1. The van der Waals surface area contributed by atoms with E-state index in [1.807, 2.05) is 45.0 Å². The average molecular weight is 312 g/mol. The van der Waals surface area contributed by atoms with Gasteiger partial charge in [-0.2, -0.15) is 0 Å². The van der Waals surface area contributed by atoms with Crippen LogP contribution in [0.3, 0.4) is 0 Å². The number of carbonyl (C=O) groups excluding carboxylic acids is 1. The first-order chi connectivity index (χ1) is 9.77. The molecule has 0 bridgehead atoms. The number of rotatable bonds is 4. The molecule has 0 unspecified atom stereocenters. The Kier molecular flexibility index (Phi) is 4.49. The molecule has 0 heterocycles. The van der Waals surface area contributed by atoms with Gasteiger partial charge < -0.3 is 15.2 Å². The number of aliphatic hydroxyl groups is 1. The first-order valence-electron chi connectivity index (χ1n) is 7.10. The van der Waals surface area contributed by atoms with Crippen molar-refractivity contribution in [1.82, 2.24) is 5.32 Å². The highest BCUT2D eigenvalue weighted by Crippen LogP contribution is 2.53. The number of nitrogens with one attached hydrogen (secondary N) is 1. The van der Waals surface area contributed by atoms with Crippen LogP contribution in [0.15, 0.2) is 24.3 Å². The largest absolute Gasteiger partial charge is 0.444 e. The molecule has 5 heteroatoms. The fraction of sp³-hybridized carbons (Fsp3) is 0.562. The molecule has 0 radical (unpaired) electrons. The molecule has 4 nitrogen and oxygen atoms in total. The fourth-order valence-electron chi connectivity index (χ4n) is 2.62. The van der Waals surface area contributed by atoms with Crippen molar-refractivity contribution >= 4 is 17.7 Å². The second-order valence-corrected chi connectivity index (χ2v) is 7.04. The van der Waals surface area contributed by atoms with Crippen LogP contribution < -0.4 is 5.32 Å². The van der Waals surface area contributed by atoms with Crippen LogP contribution in [0.5, 0.6) is 0 Å². The molecule has 0 aromatic heterocycles. The topological polar surface area (TPSA) is 58.6 Å². The number of alkyl carbamates (subject to hydrolysis) is 1. The summed E-state index contributed by atoms with van der Waals surface area (Å²) in [5.41, 5.74) is 0.357. The maximum absolute atomic E-state index is 11.8. The van der Waals surface area contributed by atoms with Gasteiger partial charge in [0.2, 0.25) is 0 Å². The molecule has 0 spiro atoms. The Bertz CT molecular complexity index is 509. The van der Waals surface area contributed by atoms with E-state index in [0.717, 1.165) is 12.0 Å². The van der Waals surface area contributed by atoms with Crippen molar-refractivity contribution in [3.63, 3.8) is 0 Å². The van der Waals surface area contributed by atoms with E-state index in [-0.39, 0.29) is 17.9 Å². The quantitative estimate of drug-likeness (QED) is 0.898. The van der Waals surface area contributed by atoms with Gasteiger partial charge in [-0.05, 0) is 50.8 Å². The van der Waals surface area contributed by atoms with Crippen molar-refractivity contribution in [2.45, 2.75) is 38.2 Å². The van der Waals surface area contributed by atoms with Crippen LogP contribution in [-0.4, -0.2) is 30.0 Å². The predicted molar refractivity (Wildman–Crippen MR) is 82.6 cm³/mol. The average Bonchev–Trinajstić information content (AvgIpc) is 3.10. The summed E-state index contributed by atoms with van der Waals surface area (Å²) in [5.74, 6) is 0.161. The lowest BCUT2D eigenvalue weighted by atomic mass is 9.93. The van der Waals surface area contributed by atoms with Crippen LogP contribution in [0.2, 0.25) is 5.02 Å². The van der Waals surface area contributed by atoms with Crippen molar-refractivity contribution in [2.75, 3.05) is 13.2 Å². The highest BCUT2D eigenvalue weighted by Gasteiger charge is 2.54. The van der Waals surface area contributed by atoms with Crippen LogP contribution in [0.4, 0.5) is 4.79 Å². The summed E-state index contributed by atoms with van der Waals surface area (Å²) in [6.45, 7) is 6.05. The number of carbonyl (C=O) groups is 1. The predicted octanol–water partition coefficient (Wildman–Crippen LogP) is 3.11. The van der Waals surface area contributed by atoms with E-state index in [2.05, 4.69) is 5.32 Å². The molecule has 1 saturated carbocycles. The van der Waals surface area contributed by atoms with Gasteiger partial charge in [0, 0.05) is 23.6 Å². The minimum absolute atomic E-state index is 0.110. The summed E-state index contributed by atoms with van der Waals surface area (Å²) in [4.78, 5) is 11.8. The Labute approximate surface area is 130 Å². The molecule has 1 aliphatic rings. The smallest absolute Gasteiger partial charge is 0.407 e. The zero-order chi connectivity index (χ0) is 15.7. The number of hydrogen-bond donors (Lipinski definition) is 2. The van der Waals surface area contributed by atoms with E-state index in [4.69, 9.17) is 16.3 Å². The molecule has 2 N–H and O–H groups in total. The second-order valence-electron chi connectivity index (χ2n) is 6.60. The number of amides is 1. The number of halogens is 1. The Morgan fingerprint density at radius 3 is 2.52 bits per heavy atom. The fourth-order valence-corrected chi connectivity index (χ4v) is 2.74. The van der Waals surface area contributed by atoms with Gasteiger partial charge in [-0.1, -0.05) is 23.7 Å². The van der Waals surface area contributed by atoms with E-state index in [1.165, 1.54) is 0 Å². The zero-order valence-electron chi connectivity index (χ0n) is 12.6. The Hall–Kier alpha value is -1.26. The van der Waals surface area contributed by atoms with Crippen molar-refractivity contribution < 1.29 is 14.6 Å². The molecule has 1 aromatic rings. The summed E-state index contributed by atoms with van der Waals surface area (Å²) in [6, 6.07) is 7.57. The minimum Gasteiger partial charge on any atom is -0.444 e. The van der Waals surface area contributed by atoms with Crippen LogP contribution in [0.1, 0.15) is 32.8 Å². The first kappa shape index (κ1) is 16.1. The molecule has 21 heavy (non-hydrogen) atoms. The van der Waals surface area contributed by atoms with Gasteiger partial charge in [-0.3, -0.25) is 0 Å². The van der Waals surface area contributed by atoms with Crippen molar-refractivity contribution in [3.05, 3.63) is 34.9 Å². The SMILES string of the molecule is CC(C)(C)OC(=O)NC[C@@]1(c2ccc(Cl)cc2)C[C@@H]1CO. The van der Waals surface area contributed by atoms with Gasteiger partial charge in [0.25, 0.3) is 0 Å². The lowest BCUT2D eigenvalue weighted by Gasteiger charge is -2.22. The second kappa shape index (κ2) is 5.85. The third-order valence-electron chi connectivity index (χ3n) is 3.82. The summed E-state index contributed by atoms with van der Waals surface area (Å²) in [5, 5.41) is 12.9. The summed E-state index contributed by atoms with van der Waals surface area (Å²) in [7, 11) is 0. The molecule has 2 rings (SSSR count). The van der Waals surface area contributed by atoms with Crippen molar-refractivity contribution in [3.8, 4) is 0 Å². The van der Waals surface area contributed by atoms with Crippen LogP contribution in [-0.2, 0) is 10.2 Å². The molecular formula is C16H22ClNO3. The van der Waals surface area contributed by atoms with Gasteiger partial charge in [-0.15, -0.1) is 0 Å². The standard InChI is InChI=1S/C16H22ClNO3/c1-15(2,3)21-14(20)18-10-16(8-12(16)9-19)11-4-6-13(17)7-5-11/h4-7,12,19H,8-10H2,1-3H3,(H,18,20)/t12-,16-/m1/s1. The minimum atomic E-state index is -0.516. The molecule has 1 amide bonds. The summed E-state index contributed by atoms with van der Waals surface area (Å²) in [6.07, 6.45) is 0.417. The van der Waals surface area contributed by atoms with E-state index in [0.29, 0.717) is 11.6 Å². The highest BCUT2D eigenvalue weighted by molar-refractivity contribution is 6.30. The summed E-state index contributed by atoms with van der Waals surface area (Å²) >= 11 is 5.91. The van der Waals surface area contributed by atoms with Crippen LogP contribution in [0, 0.1) is 5.92 Å². The maximum Gasteiger partial charge on any atom is 0.407 e. The van der Waals surface area contributed by atoms with E-state index in [1.54, 1.807) is 0 Å². The third kappa shape index (κ3) is 3.89. The van der Waals surface area contributed by atoms with Crippen LogP contribution >= 0.6 is 11.6 Å². The first-order valence-corrected chi connectivity index (χ1v) is 7.48. The molecule has 1 fully saturated rings. The summed E-state index contributed by atoms with van der Waals surface area (Å²) < 4.78 is 5.25. The Balaban J connectivity index is 2.04. The Morgan fingerprint density at radius 1 is 1.43 bits per heavy atom.